The zero-order valence-electron chi connectivity index (χ0n) is 12.8. The molecule has 0 saturated carbocycles. The average molecular weight is 258 g/mol. The normalized spacial score (nSPS) is 18.6. The summed E-state index contributed by atoms with van der Waals surface area (Å²) >= 11 is 0. The second-order valence-electron chi connectivity index (χ2n) is 6.72. The molecule has 17 heavy (non-hydrogen) atoms. The Morgan fingerprint density at radius 1 is 1.24 bits per heavy atom. The van der Waals surface area contributed by atoms with Gasteiger partial charge in [-0.05, 0) is 24.1 Å². The van der Waals surface area contributed by atoms with Crippen LogP contribution >= 0.6 is 0 Å². The van der Waals surface area contributed by atoms with Crippen molar-refractivity contribution >= 4 is 14.6 Å². The molecule has 0 radical (unpaired) electrons. The van der Waals surface area contributed by atoms with Gasteiger partial charge in [0.05, 0.1) is 6.10 Å². The molecule has 0 fully saturated rings. The van der Waals surface area contributed by atoms with Crippen molar-refractivity contribution < 1.29 is 9.22 Å². The number of hydrogen-bond acceptors (Lipinski definition) is 2. The van der Waals surface area contributed by atoms with Gasteiger partial charge in [-0.15, -0.1) is 0 Å². The third-order valence-corrected chi connectivity index (χ3v) is 8.65. The van der Waals surface area contributed by atoms with E-state index in [1.165, 1.54) is 0 Å². The van der Waals surface area contributed by atoms with Gasteiger partial charge >= 0.3 is 0 Å². The summed E-state index contributed by atoms with van der Waals surface area (Å²) in [5, 5.41) is 0.196. The maximum atomic E-state index is 11.0. The van der Waals surface area contributed by atoms with E-state index >= 15 is 0 Å². The highest BCUT2D eigenvalue weighted by Gasteiger charge is 2.41. The highest BCUT2D eigenvalue weighted by molar-refractivity contribution is 6.74. The van der Waals surface area contributed by atoms with Crippen molar-refractivity contribution in [1.82, 2.24) is 0 Å². The fourth-order valence-corrected chi connectivity index (χ4v) is 3.05. The Balaban J connectivity index is 4.93. The van der Waals surface area contributed by atoms with Gasteiger partial charge in [-0.2, -0.15) is 0 Å². The molecule has 0 aromatic heterocycles. The van der Waals surface area contributed by atoms with Crippen molar-refractivity contribution in [2.24, 2.45) is 11.8 Å². The summed E-state index contributed by atoms with van der Waals surface area (Å²) in [6.45, 7) is 17.5. The van der Waals surface area contributed by atoms with Gasteiger partial charge in [0.25, 0.3) is 0 Å². The summed E-state index contributed by atoms with van der Waals surface area (Å²) in [6, 6.07) is 0. The van der Waals surface area contributed by atoms with E-state index in [9.17, 15) is 4.79 Å². The zero-order valence-corrected chi connectivity index (χ0v) is 13.8. The van der Waals surface area contributed by atoms with E-state index in [2.05, 4.69) is 47.7 Å². The molecule has 3 heteroatoms. The van der Waals surface area contributed by atoms with Gasteiger partial charge in [-0.3, -0.25) is 0 Å². The molecule has 0 rings (SSSR count). The lowest BCUT2D eigenvalue weighted by Crippen LogP contribution is -2.47. The molecule has 0 heterocycles. The molecule has 0 saturated heterocycles. The third kappa shape index (κ3) is 4.55. The van der Waals surface area contributed by atoms with E-state index in [1.54, 1.807) is 0 Å². The molecule has 0 spiro atoms. The lowest BCUT2D eigenvalue weighted by molar-refractivity contribution is -0.114. The number of carbonyl (C=O) groups excluding carboxylic acids is 1. The second-order valence-corrected chi connectivity index (χ2v) is 11.5. The first-order chi connectivity index (χ1) is 7.56. The van der Waals surface area contributed by atoms with Gasteiger partial charge in [0.2, 0.25) is 0 Å². The summed E-state index contributed by atoms with van der Waals surface area (Å²) in [4.78, 5) is 11.0. The van der Waals surface area contributed by atoms with Gasteiger partial charge in [0.15, 0.2) is 8.32 Å². The molecule has 0 unspecified atom stereocenters. The lowest BCUT2D eigenvalue weighted by Gasteiger charge is -2.42. The van der Waals surface area contributed by atoms with Crippen LogP contribution in [0, 0.1) is 11.8 Å². The van der Waals surface area contributed by atoms with Crippen LogP contribution in [0.2, 0.25) is 18.1 Å². The molecule has 0 N–H and O–H groups in total. The van der Waals surface area contributed by atoms with Crippen LogP contribution in [0.25, 0.3) is 0 Å². The minimum Gasteiger partial charge on any atom is -0.413 e. The molecular weight excluding hydrogens is 228 g/mol. The summed E-state index contributed by atoms with van der Waals surface area (Å²) in [5.74, 6) is 0.420. The van der Waals surface area contributed by atoms with Crippen LogP contribution < -0.4 is 0 Å². The van der Waals surface area contributed by atoms with Crippen molar-refractivity contribution in [3.63, 3.8) is 0 Å². The van der Waals surface area contributed by atoms with Gasteiger partial charge < -0.3 is 9.22 Å². The molecule has 0 aliphatic heterocycles. The fraction of sp³-hybridized carbons (Fsp3) is 0.929. The van der Waals surface area contributed by atoms with Crippen LogP contribution in [0.4, 0.5) is 0 Å². The van der Waals surface area contributed by atoms with E-state index < -0.39 is 8.32 Å². The van der Waals surface area contributed by atoms with Crippen molar-refractivity contribution in [3.05, 3.63) is 0 Å². The monoisotopic (exact) mass is 258 g/mol. The van der Waals surface area contributed by atoms with Crippen LogP contribution in [-0.4, -0.2) is 20.7 Å². The molecular formula is C14H30O2Si. The van der Waals surface area contributed by atoms with Crippen molar-refractivity contribution in [2.75, 3.05) is 0 Å². The first-order valence-corrected chi connectivity index (χ1v) is 9.60. The van der Waals surface area contributed by atoms with Gasteiger partial charge in [-0.25, -0.2) is 0 Å². The predicted octanol–water partition coefficient (Wildman–Crippen LogP) is 4.26. The second kappa shape index (κ2) is 6.14. The zero-order chi connectivity index (χ0) is 13.9. The Hall–Kier alpha value is -0.153. The highest BCUT2D eigenvalue weighted by atomic mass is 28.4. The largest absolute Gasteiger partial charge is 0.413 e. The summed E-state index contributed by atoms with van der Waals surface area (Å²) in [7, 11) is -1.78. The standard InChI is InChI=1S/C14H30O2Si/c1-9-11(2)13(12(3)10-15)16-17(7,8)14(4,5)6/h10-13H,9H2,1-8H3/t11-,12-,13-/m0/s1. The number of carbonyl (C=O) groups is 1. The van der Waals surface area contributed by atoms with E-state index in [0.29, 0.717) is 5.92 Å². The molecule has 3 atom stereocenters. The van der Waals surface area contributed by atoms with Crippen LogP contribution in [0.1, 0.15) is 48.0 Å². The summed E-state index contributed by atoms with van der Waals surface area (Å²) in [6.07, 6.45) is 2.15. The molecule has 0 aromatic carbocycles. The Labute approximate surface area is 108 Å². The van der Waals surface area contributed by atoms with Crippen LogP contribution in [-0.2, 0) is 9.22 Å². The third-order valence-electron chi connectivity index (χ3n) is 4.17. The SMILES string of the molecule is CC[C@H](C)[C@H](O[Si](C)(C)C(C)(C)C)[C@@H](C)C=O. The maximum absolute atomic E-state index is 11.0. The minimum atomic E-state index is -1.78. The molecule has 2 nitrogen and oxygen atoms in total. The molecule has 0 amide bonds. The smallest absolute Gasteiger partial charge is 0.192 e. The quantitative estimate of drug-likeness (QED) is 0.525. The molecule has 0 aliphatic carbocycles. The molecule has 102 valence electrons. The highest BCUT2D eigenvalue weighted by Crippen LogP contribution is 2.39. The number of hydrogen-bond donors (Lipinski definition) is 0. The predicted molar refractivity (Wildman–Crippen MR) is 76.8 cm³/mol. The van der Waals surface area contributed by atoms with Crippen LogP contribution in [0.3, 0.4) is 0 Å². The first-order valence-electron chi connectivity index (χ1n) is 6.70. The van der Waals surface area contributed by atoms with E-state index in [-0.39, 0.29) is 17.1 Å². The van der Waals surface area contributed by atoms with Gasteiger partial charge in [0, 0.05) is 5.92 Å². The lowest BCUT2D eigenvalue weighted by atomic mass is 9.93. The van der Waals surface area contributed by atoms with E-state index in [1.807, 2.05) is 6.92 Å². The van der Waals surface area contributed by atoms with Gasteiger partial charge in [0.1, 0.15) is 6.29 Å². The van der Waals surface area contributed by atoms with Crippen molar-refractivity contribution in [1.29, 1.82) is 0 Å². The fourth-order valence-electron chi connectivity index (χ4n) is 1.57. The Morgan fingerprint density at radius 3 is 2.00 bits per heavy atom. The Bertz CT molecular complexity index is 243. The van der Waals surface area contributed by atoms with Crippen molar-refractivity contribution in [3.8, 4) is 0 Å². The van der Waals surface area contributed by atoms with Gasteiger partial charge in [-0.1, -0.05) is 48.0 Å². The maximum Gasteiger partial charge on any atom is 0.192 e. The Kier molecular flexibility index (Phi) is 6.09. The van der Waals surface area contributed by atoms with Crippen LogP contribution in [0.5, 0.6) is 0 Å². The van der Waals surface area contributed by atoms with E-state index in [0.717, 1.165) is 12.7 Å². The van der Waals surface area contributed by atoms with E-state index in [4.69, 9.17) is 4.43 Å². The summed E-state index contributed by atoms with van der Waals surface area (Å²) < 4.78 is 6.42. The molecule has 0 bridgehead atoms. The average Bonchev–Trinajstić information content (AvgIpc) is 2.22. The minimum absolute atomic E-state index is 0.0147. The first kappa shape index (κ1) is 16.8. The van der Waals surface area contributed by atoms with Crippen molar-refractivity contribution in [2.45, 2.75) is 72.2 Å². The molecule has 0 aromatic rings. The summed E-state index contributed by atoms with van der Waals surface area (Å²) in [5.41, 5.74) is 0. The van der Waals surface area contributed by atoms with Crippen LogP contribution in [0.15, 0.2) is 0 Å². The topological polar surface area (TPSA) is 26.3 Å². The molecule has 0 aliphatic rings. The number of aldehydes is 1. The number of rotatable bonds is 6. The Morgan fingerprint density at radius 2 is 1.71 bits per heavy atom.